The van der Waals surface area contributed by atoms with Crippen LogP contribution in [0.3, 0.4) is 0 Å². The van der Waals surface area contributed by atoms with Gasteiger partial charge in [-0.1, -0.05) is 109 Å². The molecule has 0 saturated carbocycles. The summed E-state index contributed by atoms with van der Waals surface area (Å²) in [6.45, 7) is 0. The lowest BCUT2D eigenvalue weighted by molar-refractivity contribution is 1.56. The molecule has 0 aliphatic heterocycles. The molecular weight excluding hydrogens is 474 g/mol. The van der Waals surface area contributed by atoms with Crippen LogP contribution in [-0.2, 0) is 0 Å². The van der Waals surface area contributed by atoms with Crippen molar-refractivity contribution in [2.24, 2.45) is 0 Å². The summed E-state index contributed by atoms with van der Waals surface area (Å²) in [6, 6.07) is 39.6. The van der Waals surface area contributed by atoms with Gasteiger partial charge in [0.15, 0.2) is 0 Å². The van der Waals surface area contributed by atoms with E-state index in [1.807, 2.05) is 0 Å². The summed E-state index contributed by atoms with van der Waals surface area (Å²) >= 11 is 0. The molecule has 7 aromatic carbocycles. The molecule has 0 aliphatic carbocycles. The summed E-state index contributed by atoms with van der Waals surface area (Å²) < 4.78 is 0. The Morgan fingerprint density at radius 3 is 0.897 bits per heavy atom. The van der Waals surface area contributed by atoms with E-state index in [0.717, 1.165) is 0 Å². The Morgan fingerprint density at radius 2 is 0.564 bits per heavy atom. The third-order valence-electron chi connectivity index (χ3n) is 8.85. The zero-order valence-electron chi connectivity index (χ0n) is 20.9. The number of fused-ring (bicyclic) bond motifs is 18. The normalized spacial score (nSPS) is 12.6. The van der Waals surface area contributed by atoms with Crippen molar-refractivity contribution >= 4 is 97.7 Å². The van der Waals surface area contributed by atoms with E-state index in [2.05, 4.69) is 124 Å². The largest absolute Gasteiger partial charge is 0.353 e. The molecule has 39 heavy (non-hydrogen) atoms. The highest BCUT2D eigenvalue weighted by Gasteiger charge is 2.22. The Hall–Kier alpha value is -5.28. The van der Waals surface area contributed by atoms with E-state index in [9.17, 15) is 0 Å². The van der Waals surface area contributed by atoms with Crippen molar-refractivity contribution in [2.45, 2.75) is 0 Å². The molecule has 0 radical (unpaired) electrons. The summed E-state index contributed by atoms with van der Waals surface area (Å²) in [5.41, 5.74) is 7.12. The van der Waals surface area contributed by atoms with Gasteiger partial charge in [-0.3, -0.25) is 0 Å². The van der Waals surface area contributed by atoms with Gasteiger partial charge in [0.05, 0.1) is 33.1 Å². The number of rotatable bonds is 0. The van der Waals surface area contributed by atoms with Crippen LogP contribution in [0, 0.1) is 0 Å². The summed E-state index contributed by atoms with van der Waals surface area (Å²) in [7, 11) is 0. The number of aromatic nitrogens is 3. The van der Waals surface area contributed by atoms with Crippen molar-refractivity contribution < 1.29 is 0 Å². The van der Waals surface area contributed by atoms with Crippen molar-refractivity contribution in [3.63, 3.8) is 0 Å². The molecule has 0 saturated heterocycles. The van der Waals surface area contributed by atoms with Crippen molar-refractivity contribution in [1.29, 1.82) is 0 Å². The second-order valence-electron chi connectivity index (χ2n) is 10.8. The number of benzene rings is 7. The number of H-pyrrole nitrogens is 3. The number of hydrogen-bond acceptors (Lipinski definition) is 0. The Morgan fingerprint density at radius 1 is 0.256 bits per heavy atom. The van der Waals surface area contributed by atoms with E-state index < -0.39 is 0 Å². The Balaban J connectivity index is 1.56. The summed E-state index contributed by atoms with van der Waals surface area (Å²) in [6.07, 6.45) is 0. The topological polar surface area (TPSA) is 47.4 Å². The predicted molar refractivity (Wildman–Crippen MR) is 167 cm³/mol. The first kappa shape index (κ1) is 19.8. The molecule has 0 fully saturated rings. The van der Waals surface area contributed by atoms with Crippen molar-refractivity contribution in [1.82, 2.24) is 15.0 Å². The standard InChI is InChI=1S/C36H21N3/c1-4-10-22-19(7-1)13-16-25-28-34(37-31(22)25)29-26-17-14-20-8-2-5-11-23(20)32(26)39-36(29)30-27-18-15-21-9-3-6-12-24(21)33(27)38-35(28)30/h1-18,37-39H. The van der Waals surface area contributed by atoms with Crippen molar-refractivity contribution in [3.8, 4) is 0 Å². The van der Waals surface area contributed by atoms with E-state index in [1.54, 1.807) is 0 Å². The fraction of sp³-hybridized carbons (Fsp3) is 0. The third kappa shape index (κ3) is 2.35. The molecule has 0 atom stereocenters. The van der Waals surface area contributed by atoms with Crippen LogP contribution < -0.4 is 0 Å². The van der Waals surface area contributed by atoms with Gasteiger partial charge in [-0.2, -0.15) is 0 Å². The maximum atomic E-state index is 3.92. The van der Waals surface area contributed by atoms with Crippen LogP contribution in [0.2, 0.25) is 0 Å². The fourth-order valence-corrected chi connectivity index (χ4v) is 7.15. The molecule has 10 rings (SSSR count). The highest BCUT2D eigenvalue weighted by molar-refractivity contribution is 6.41. The molecule has 0 spiro atoms. The van der Waals surface area contributed by atoms with Gasteiger partial charge in [-0.25, -0.2) is 0 Å². The molecule has 3 aromatic heterocycles. The van der Waals surface area contributed by atoms with E-state index in [1.165, 1.54) is 97.7 Å². The van der Waals surface area contributed by atoms with Gasteiger partial charge in [0.1, 0.15) is 0 Å². The number of nitrogens with one attached hydrogen (secondary N) is 3. The Kier molecular flexibility index (Phi) is 3.44. The van der Waals surface area contributed by atoms with E-state index in [4.69, 9.17) is 0 Å². The lowest BCUT2D eigenvalue weighted by Gasteiger charge is -2.01. The summed E-state index contributed by atoms with van der Waals surface area (Å²) in [4.78, 5) is 11.8. The predicted octanol–water partition coefficient (Wildman–Crippen LogP) is 10.0. The van der Waals surface area contributed by atoms with Gasteiger partial charge in [-0.05, 0) is 16.2 Å². The number of aromatic amines is 3. The maximum Gasteiger partial charge on any atom is 0.0588 e. The van der Waals surface area contributed by atoms with E-state index >= 15 is 0 Å². The average molecular weight is 496 g/mol. The molecule has 3 nitrogen and oxygen atoms in total. The monoisotopic (exact) mass is 495 g/mol. The van der Waals surface area contributed by atoms with Crippen LogP contribution in [0.1, 0.15) is 0 Å². The van der Waals surface area contributed by atoms with Crippen molar-refractivity contribution in [3.05, 3.63) is 109 Å². The van der Waals surface area contributed by atoms with Crippen LogP contribution in [0.5, 0.6) is 0 Å². The zero-order chi connectivity index (χ0) is 25.2. The van der Waals surface area contributed by atoms with Crippen LogP contribution in [-0.4, -0.2) is 15.0 Å². The van der Waals surface area contributed by atoms with Crippen molar-refractivity contribution in [2.75, 3.05) is 0 Å². The molecule has 180 valence electrons. The molecule has 10 aromatic rings. The first-order valence-electron chi connectivity index (χ1n) is 13.5. The van der Waals surface area contributed by atoms with E-state index in [0.29, 0.717) is 0 Å². The molecule has 3 heteroatoms. The first-order chi connectivity index (χ1) is 19.3. The zero-order valence-corrected chi connectivity index (χ0v) is 20.9. The Bertz CT molecular complexity index is 2340. The SMILES string of the molecule is c1ccc2c(c1)ccc1c2[nH]c2c1c1[nH]c3c4ccccc4ccc3c1c1[nH]c3c4ccccc4ccc3c21. The minimum absolute atomic E-state index is 1.18. The highest BCUT2D eigenvalue weighted by Crippen LogP contribution is 2.46. The van der Waals surface area contributed by atoms with Crippen LogP contribution in [0.15, 0.2) is 109 Å². The maximum absolute atomic E-state index is 3.92. The van der Waals surface area contributed by atoms with Gasteiger partial charge >= 0.3 is 0 Å². The smallest absolute Gasteiger partial charge is 0.0588 e. The quantitative estimate of drug-likeness (QED) is 0.187. The Labute approximate surface area is 221 Å². The minimum atomic E-state index is 1.18. The second kappa shape index (κ2) is 6.77. The van der Waals surface area contributed by atoms with Gasteiger partial charge < -0.3 is 15.0 Å². The van der Waals surface area contributed by atoms with Gasteiger partial charge in [0.2, 0.25) is 0 Å². The highest BCUT2D eigenvalue weighted by atomic mass is 14.8. The molecule has 3 N–H and O–H groups in total. The van der Waals surface area contributed by atoms with Gasteiger partial charge in [0, 0.05) is 48.5 Å². The van der Waals surface area contributed by atoms with Crippen LogP contribution >= 0.6 is 0 Å². The summed E-state index contributed by atoms with van der Waals surface area (Å²) in [5.74, 6) is 0. The molecular formula is C36H21N3. The van der Waals surface area contributed by atoms with E-state index in [-0.39, 0.29) is 0 Å². The second-order valence-corrected chi connectivity index (χ2v) is 10.8. The van der Waals surface area contributed by atoms with Crippen LogP contribution in [0.4, 0.5) is 0 Å². The van der Waals surface area contributed by atoms with Crippen LogP contribution in [0.25, 0.3) is 97.7 Å². The first-order valence-corrected chi connectivity index (χ1v) is 13.5. The minimum Gasteiger partial charge on any atom is -0.353 e. The summed E-state index contributed by atoms with van der Waals surface area (Å²) in [5, 5.41) is 15.0. The number of hydrogen-bond donors (Lipinski definition) is 3. The molecule has 0 aliphatic rings. The molecule has 0 bridgehead atoms. The van der Waals surface area contributed by atoms with Gasteiger partial charge in [0.25, 0.3) is 0 Å². The molecule has 0 unspecified atom stereocenters. The molecule has 0 amide bonds. The fourth-order valence-electron chi connectivity index (χ4n) is 7.15. The lowest BCUT2D eigenvalue weighted by Crippen LogP contribution is -1.77. The molecule has 3 heterocycles. The average Bonchev–Trinajstić information content (AvgIpc) is 3.68. The van der Waals surface area contributed by atoms with Gasteiger partial charge in [-0.15, -0.1) is 0 Å². The third-order valence-corrected chi connectivity index (χ3v) is 8.85. The lowest BCUT2D eigenvalue weighted by atomic mass is 9.99.